The Morgan fingerprint density at radius 3 is 1.83 bits per heavy atom. The molecule has 30 heavy (non-hydrogen) atoms. The number of hydrazine groups is 1. The quantitative estimate of drug-likeness (QED) is 0.460. The summed E-state index contributed by atoms with van der Waals surface area (Å²) >= 11 is 0. The summed E-state index contributed by atoms with van der Waals surface area (Å²) in [5, 5.41) is 16.6. The highest BCUT2D eigenvalue weighted by atomic mass is 16.5. The molecule has 0 spiro atoms. The molecule has 1 aliphatic heterocycles. The molecule has 7 nitrogen and oxygen atoms in total. The molecule has 0 aliphatic carbocycles. The second-order valence-electron chi connectivity index (χ2n) is 5.41. The number of para-hydroxylation sites is 1. The van der Waals surface area contributed by atoms with Crippen molar-refractivity contribution in [3.8, 4) is 0 Å². The van der Waals surface area contributed by atoms with Crippen LogP contribution in [0.4, 0.5) is 5.69 Å². The van der Waals surface area contributed by atoms with Gasteiger partial charge in [0.25, 0.3) is 11.8 Å². The Morgan fingerprint density at radius 1 is 0.967 bits per heavy atom. The summed E-state index contributed by atoms with van der Waals surface area (Å²) in [6.45, 7) is 19.5. The van der Waals surface area contributed by atoms with Gasteiger partial charge in [0, 0.05) is 13.2 Å². The molecule has 1 atom stereocenters. The van der Waals surface area contributed by atoms with Crippen LogP contribution in [-0.4, -0.2) is 48.5 Å². The van der Waals surface area contributed by atoms with Gasteiger partial charge in [-0.15, -0.1) is 26.3 Å². The topological polar surface area (TPSA) is 99.1 Å². The lowest BCUT2D eigenvalue weighted by atomic mass is 10.0. The van der Waals surface area contributed by atoms with E-state index in [1.54, 1.807) is 12.1 Å². The molecule has 1 heterocycles. The van der Waals surface area contributed by atoms with Crippen molar-refractivity contribution in [2.45, 2.75) is 40.0 Å². The number of hydrogen-bond donors (Lipinski definition) is 3. The summed E-state index contributed by atoms with van der Waals surface area (Å²) in [5.74, 6) is -0.850. The van der Waals surface area contributed by atoms with E-state index < -0.39 is 5.92 Å². The third-order valence-corrected chi connectivity index (χ3v) is 3.43. The molecule has 3 N–H and O–H groups in total. The molecule has 1 aromatic carbocycles. The average molecular weight is 425 g/mol. The van der Waals surface area contributed by atoms with Crippen LogP contribution in [0.5, 0.6) is 0 Å². The van der Waals surface area contributed by atoms with E-state index in [0.717, 1.165) is 26.1 Å². The number of rotatable bonds is 7. The Labute approximate surface area is 182 Å². The standard InChI is InChI=1S/C13H16N2O2.C4H10O.C2H6O2.2C2H4/c1-2-3-9-11-12(16)14-15(13(11)17)10-7-5-4-6-8-10;1-3-5-4-2;3-1-2-4;2*1-2/h4-8,11H,2-3,9H2,1H3,(H,14,16);3-4H2,1-2H3;3-4H,1-2H2;2*1-2H2. The van der Waals surface area contributed by atoms with Gasteiger partial charge in [-0.1, -0.05) is 38.0 Å². The van der Waals surface area contributed by atoms with Crippen LogP contribution in [0.25, 0.3) is 0 Å². The molecule has 0 bridgehead atoms. The van der Waals surface area contributed by atoms with Crippen LogP contribution in [0.15, 0.2) is 56.6 Å². The molecule has 2 amide bonds. The Balaban J connectivity index is -0.000000467. The zero-order valence-corrected chi connectivity index (χ0v) is 18.8. The van der Waals surface area contributed by atoms with Gasteiger partial charge in [-0.05, 0) is 32.4 Å². The van der Waals surface area contributed by atoms with Gasteiger partial charge in [0.2, 0.25) is 0 Å². The third kappa shape index (κ3) is 14.5. The fourth-order valence-electron chi connectivity index (χ4n) is 2.15. The number of anilines is 1. The highest BCUT2D eigenvalue weighted by molar-refractivity contribution is 6.14. The molecular formula is C23H40N2O5. The molecule has 0 saturated carbocycles. The Morgan fingerprint density at radius 2 is 1.47 bits per heavy atom. The molecule has 1 fully saturated rings. The molecule has 7 heteroatoms. The Hall–Kier alpha value is -2.48. The van der Waals surface area contributed by atoms with Crippen LogP contribution >= 0.6 is 0 Å². The number of benzene rings is 1. The molecule has 2 rings (SSSR count). The average Bonchev–Trinajstić information content (AvgIpc) is 3.10. The van der Waals surface area contributed by atoms with Gasteiger partial charge in [-0.25, -0.2) is 5.01 Å². The summed E-state index contributed by atoms with van der Waals surface area (Å²) < 4.78 is 4.83. The molecule has 1 saturated heterocycles. The second kappa shape index (κ2) is 24.6. The van der Waals surface area contributed by atoms with Crippen molar-refractivity contribution in [3.63, 3.8) is 0 Å². The minimum atomic E-state index is -0.518. The number of carbonyl (C=O) groups excluding carboxylic acids is 2. The number of aliphatic hydroxyl groups is 2. The summed E-state index contributed by atoms with van der Waals surface area (Å²) in [5.41, 5.74) is 3.34. The van der Waals surface area contributed by atoms with E-state index in [2.05, 4.69) is 31.7 Å². The fourth-order valence-corrected chi connectivity index (χ4v) is 2.15. The molecule has 172 valence electrons. The van der Waals surface area contributed by atoms with Crippen LogP contribution < -0.4 is 10.4 Å². The van der Waals surface area contributed by atoms with E-state index in [0.29, 0.717) is 12.1 Å². The van der Waals surface area contributed by atoms with Crippen molar-refractivity contribution >= 4 is 17.5 Å². The predicted octanol–water partition coefficient (Wildman–Crippen LogP) is 3.49. The number of carbonyl (C=O) groups is 2. The van der Waals surface area contributed by atoms with Gasteiger partial charge in [0.05, 0.1) is 18.9 Å². The maximum absolute atomic E-state index is 12.1. The third-order valence-electron chi connectivity index (χ3n) is 3.43. The number of hydrogen-bond acceptors (Lipinski definition) is 5. The largest absolute Gasteiger partial charge is 0.394 e. The van der Waals surface area contributed by atoms with E-state index in [1.165, 1.54) is 5.01 Å². The second-order valence-corrected chi connectivity index (χ2v) is 5.41. The molecule has 1 unspecified atom stereocenters. The van der Waals surface area contributed by atoms with Crippen LogP contribution in [0.1, 0.15) is 40.0 Å². The van der Waals surface area contributed by atoms with E-state index in [1.807, 2.05) is 39.0 Å². The first-order valence-corrected chi connectivity index (χ1v) is 10.1. The first-order chi connectivity index (χ1) is 14.6. The van der Waals surface area contributed by atoms with E-state index in [-0.39, 0.29) is 25.0 Å². The van der Waals surface area contributed by atoms with Crippen molar-refractivity contribution in [2.24, 2.45) is 5.92 Å². The molecule has 0 aromatic heterocycles. The first kappa shape index (κ1) is 32.2. The number of nitrogens with zero attached hydrogens (tertiary/aromatic N) is 1. The van der Waals surface area contributed by atoms with Gasteiger partial charge in [-0.2, -0.15) is 0 Å². The summed E-state index contributed by atoms with van der Waals surface area (Å²) in [7, 11) is 0. The van der Waals surface area contributed by atoms with Gasteiger partial charge in [0.1, 0.15) is 5.92 Å². The Bertz CT molecular complexity index is 520. The van der Waals surface area contributed by atoms with Gasteiger partial charge >= 0.3 is 0 Å². The molecule has 1 aliphatic rings. The summed E-state index contributed by atoms with van der Waals surface area (Å²) in [6.07, 6.45) is 2.51. The van der Waals surface area contributed by atoms with Crippen molar-refractivity contribution in [3.05, 3.63) is 56.6 Å². The lowest BCUT2D eigenvalue weighted by Gasteiger charge is -2.14. The lowest BCUT2D eigenvalue weighted by Crippen LogP contribution is -2.35. The van der Waals surface area contributed by atoms with E-state index in [9.17, 15) is 9.59 Å². The normalized spacial score (nSPS) is 13.8. The van der Waals surface area contributed by atoms with E-state index in [4.69, 9.17) is 14.9 Å². The summed E-state index contributed by atoms with van der Waals surface area (Å²) in [4.78, 5) is 23.8. The van der Waals surface area contributed by atoms with Gasteiger partial charge in [0.15, 0.2) is 0 Å². The highest BCUT2D eigenvalue weighted by Gasteiger charge is 2.39. The maximum atomic E-state index is 12.1. The van der Waals surface area contributed by atoms with Crippen molar-refractivity contribution < 1.29 is 24.5 Å². The van der Waals surface area contributed by atoms with Crippen molar-refractivity contribution in [1.29, 1.82) is 0 Å². The molecular weight excluding hydrogens is 384 g/mol. The number of amides is 2. The monoisotopic (exact) mass is 424 g/mol. The minimum absolute atomic E-state index is 0.125. The number of unbranched alkanes of at least 4 members (excludes halogenated alkanes) is 1. The van der Waals surface area contributed by atoms with Gasteiger partial charge in [-0.3, -0.25) is 15.0 Å². The SMILES string of the molecule is C=C.C=C.CCCCC1C(=O)NN(c2ccccc2)C1=O.CCOCC.OCCO. The fraction of sp³-hybridized carbons (Fsp3) is 0.478. The molecule has 0 radical (unpaired) electrons. The minimum Gasteiger partial charge on any atom is -0.394 e. The summed E-state index contributed by atoms with van der Waals surface area (Å²) in [6, 6.07) is 9.17. The Kier molecular flexibility index (Phi) is 26.4. The molecule has 1 aromatic rings. The van der Waals surface area contributed by atoms with Crippen molar-refractivity contribution in [2.75, 3.05) is 31.4 Å². The van der Waals surface area contributed by atoms with Crippen LogP contribution in [0.3, 0.4) is 0 Å². The van der Waals surface area contributed by atoms with Crippen LogP contribution in [0.2, 0.25) is 0 Å². The number of nitrogens with one attached hydrogen (secondary N) is 1. The van der Waals surface area contributed by atoms with Gasteiger partial charge < -0.3 is 14.9 Å². The first-order valence-electron chi connectivity index (χ1n) is 10.1. The zero-order valence-electron chi connectivity index (χ0n) is 18.8. The maximum Gasteiger partial charge on any atom is 0.258 e. The zero-order chi connectivity index (χ0) is 23.8. The lowest BCUT2D eigenvalue weighted by molar-refractivity contribution is -0.127. The number of ether oxygens (including phenoxy) is 1. The van der Waals surface area contributed by atoms with Crippen molar-refractivity contribution in [1.82, 2.24) is 5.43 Å². The predicted molar refractivity (Wildman–Crippen MR) is 124 cm³/mol. The van der Waals surface area contributed by atoms with E-state index >= 15 is 0 Å². The van der Waals surface area contributed by atoms with Crippen LogP contribution in [-0.2, 0) is 14.3 Å². The highest BCUT2D eigenvalue weighted by Crippen LogP contribution is 2.22. The smallest absolute Gasteiger partial charge is 0.258 e. The van der Waals surface area contributed by atoms with Crippen LogP contribution in [0, 0.1) is 5.92 Å². The number of aliphatic hydroxyl groups excluding tert-OH is 2.